The quantitative estimate of drug-likeness (QED) is 0.134. The van der Waals surface area contributed by atoms with Gasteiger partial charge in [-0.15, -0.1) is 0 Å². The largest absolute Gasteiger partial charge is 0.502 e. The number of benzene rings is 2. The van der Waals surface area contributed by atoms with Gasteiger partial charge in [0.1, 0.15) is 0 Å². The predicted octanol–water partition coefficient (Wildman–Crippen LogP) is 4.68. The molecule has 5 rings (SSSR count). The zero-order valence-electron chi connectivity index (χ0n) is 27.1. The van der Waals surface area contributed by atoms with E-state index in [4.69, 9.17) is 29.4 Å². The molecule has 1 amide bonds. The molecule has 11 heteroatoms. The van der Waals surface area contributed by atoms with E-state index in [0.29, 0.717) is 17.9 Å². The van der Waals surface area contributed by atoms with Crippen molar-refractivity contribution >= 4 is 11.9 Å². The second-order valence-corrected chi connectivity index (χ2v) is 12.4. The van der Waals surface area contributed by atoms with Crippen LogP contribution in [-0.4, -0.2) is 64.2 Å². The smallest absolute Gasteiger partial charge is 0.310 e. The van der Waals surface area contributed by atoms with E-state index in [1.165, 1.54) is 46.3 Å². The molecule has 1 fully saturated rings. The van der Waals surface area contributed by atoms with Crippen LogP contribution < -0.4 is 35.3 Å². The number of nitrogens with two attached hydrogens (primary N) is 1. The standard InChI is InChI=1S/C35H49N3O8/c1-42-28-16-22(17-29(43-2)34(28)40)31-23-18-26-27(46-21-45-26)19-24(23)33(25-20-44-35(41)32(25)31)38-30(39)12-9-7-5-3-4-6-8-10-14-37-15-11-13-36/h16-19,25,31-33,37,40H,3-15,20-21,36H2,1-2H3,(H,38,39)/t25-,31?,32?,33+/m0/s1. The molecule has 0 saturated carbocycles. The molecule has 2 heterocycles. The minimum absolute atomic E-state index is 0.0414. The van der Waals surface area contributed by atoms with Crippen molar-refractivity contribution in [2.75, 3.05) is 47.3 Å². The minimum Gasteiger partial charge on any atom is -0.502 e. The number of ether oxygens (including phenoxy) is 5. The summed E-state index contributed by atoms with van der Waals surface area (Å²) in [5.41, 5.74) is 7.94. The van der Waals surface area contributed by atoms with Crippen molar-refractivity contribution in [3.63, 3.8) is 0 Å². The summed E-state index contributed by atoms with van der Waals surface area (Å²) in [7, 11) is 2.94. The number of methoxy groups -OCH3 is 2. The maximum atomic E-state index is 13.3. The highest BCUT2D eigenvalue weighted by Gasteiger charge is 2.53. The Labute approximate surface area is 271 Å². The number of amides is 1. The maximum absolute atomic E-state index is 13.3. The van der Waals surface area contributed by atoms with Crippen molar-refractivity contribution in [3.8, 4) is 28.7 Å². The molecule has 3 aliphatic rings. The third-order valence-corrected chi connectivity index (χ3v) is 9.43. The molecule has 252 valence electrons. The molecule has 5 N–H and O–H groups in total. The number of phenols is 1. The van der Waals surface area contributed by atoms with Crippen LogP contribution in [0.2, 0.25) is 0 Å². The number of unbranched alkanes of at least 4 members (excludes halogenated alkanes) is 7. The number of cyclic esters (lactones) is 1. The van der Waals surface area contributed by atoms with Gasteiger partial charge in [0.2, 0.25) is 18.4 Å². The number of phenolic OH excluding ortho intramolecular Hbond substituents is 1. The number of rotatable bonds is 18. The summed E-state index contributed by atoms with van der Waals surface area (Å²) in [6.07, 6.45) is 10.5. The van der Waals surface area contributed by atoms with E-state index in [-0.39, 0.29) is 48.4 Å². The van der Waals surface area contributed by atoms with Crippen LogP contribution in [0.25, 0.3) is 0 Å². The number of aromatic hydroxyl groups is 1. The summed E-state index contributed by atoms with van der Waals surface area (Å²) in [6, 6.07) is 6.82. The predicted molar refractivity (Wildman–Crippen MR) is 173 cm³/mol. The van der Waals surface area contributed by atoms with Crippen molar-refractivity contribution in [2.45, 2.75) is 76.2 Å². The Morgan fingerprint density at radius 2 is 1.48 bits per heavy atom. The summed E-state index contributed by atoms with van der Waals surface area (Å²) in [6.45, 7) is 3.09. The Kier molecular flexibility index (Phi) is 11.9. The second kappa shape index (κ2) is 16.2. The van der Waals surface area contributed by atoms with Gasteiger partial charge in [-0.1, -0.05) is 38.5 Å². The number of fused-ring (bicyclic) bond motifs is 3. The first-order chi connectivity index (χ1) is 22.5. The fraction of sp³-hybridized carbons (Fsp3) is 0.600. The number of carbonyl (C=O) groups is 2. The Morgan fingerprint density at radius 1 is 0.870 bits per heavy atom. The van der Waals surface area contributed by atoms with Gasteiger partial charge in [0, 0.05) is 18.3 Å². The zero-order valence-corrected chi connectivity index (χ0v) is 27.1. The van der Waals surface area contributed by atoms with Crippen LogP contribution in [0, 0.1) is 11.8 Å². The van der Waals surface area contributed by atoms with Crippen LogP contribution in [0.4, 0.5) is 0 Å². The van der Waals surface area contributed by atoms with Crippen LogP contribution in [0.1, 0.15) is 92.9 Å². The third kappa shape index (κ3) is 7.63. The van der Waals surface area contributed by atoms with Crippen LogP contribution in [0.3, 0.4) is 0 Å². The summed E-state index contributed by atoms with van der Waals surface area (Å²) < 4.78 is 28.0. The fourth-order valence-electron chi connectivity index (χ4n) is 7.03. The minimum atomic E-state index is -0.571. The van der Waals surface area contributed by atoms with Gasteiger partial charge < -0.3 is 45.2 Å². The van der Waals surface area contributed by atoms with E-state index in [1.807, 2.05) is 12.1 Å². The summed E-state index contributed by atoms with van der Waals surface area (Å²) in [5.74, 6) is -0.147. The van der Waals surface area contributed by atoms with Gasteiger partial charge in [0.05, 0.1) is 32.8 Å². The summed E-state index contributed by atoms with van der Waals surface area (Å²) in [5, 5.41) is 17.3. The van der Waals surface area contributed by atoms with Gasteiger partial charge in [-0.2, -0.15) is 0 Å². The first-order valence-electron chi connectivity index (χ1n) is 16.7. The Hall–Kier alpha value is -3.70. The molecule has 0 bridgehead atoms. The van der Waals surface area contributed by atoms with Gasteiger partial charge >= 0.3 is 5.97 Å². The van der Waals surface area contributed by atoms with Crippen molar-refractivity contribution in [1.82, 2.24) is 10.6 Å². The molecule has 2 aromatic carbocycles. The van der Waals surface area contributed by atoms with Gasteiger partial charge in [-0.3, -0.25) is 9.59 Å². The highest BCUT2D eigenvalue weighted by molar-refractivity contribution is 5.81. The highest BCUT2D eigenvalue weighted by atomic mass is 16.7. The van der Waals surface area contributed by atoms with Gasteiger partial charge in [-0.05, 0) is 79.9 Å². The van der Waals surface area contributed by atoms with E-state index < -0.39 is 17.9 Å². The van der Waals surface area contributed by atoms with Crippen LogP contribution in [0.15, 0.2) is 24.3 Å². The van der Waals surface area contributed by atoms with Gasteiger partial charge in [-0.25, -0.2) is 0 Å². The number of esters is 1. The second-order valence-electron chi connectivity index (χ2n) is 12.4. The first-order valence-corrected chi connectivity index (χ1v) is 16.7. The lowest BCUT2D eigenvalue weighted by Crippen LogP contribution is -2.42. The van der Waals surface area contributed by atoms with Crippen LogP contribution in [-0.2, 0) is 14.3 Å². The molecule has 2 aliphatic heterocycles. The van der Waals surface area contributed by atoms with Crippen molar-refractivity contribution < 1.29 is 38.4 Å². The summed E-state index contributed by atoms with van der Waals surface area (Å²) in [4.78, 5) is 26.7. The number of nitrogens with one attached hydrogen (secondary N) is 2. The lowest BCUT2D eigenvalue weighted by Gasteiger charge is -2.39. The molecule has 2 aromatic rings. The monoisotopic (exact) mass is 639 g/mol. The molecule has 2 unspecified atom stereocenters. The normalized spacial score (nSPS) is 21.0. The molecule has 0 radical (unpaired) electrons. The molecule has 0 spiro atoms. The average molecular weight is 640 g/mol. The van der Waals surface area contributed by atoms with Gasteiger partial charge in [0.15, 0.2) is 23.0 Å². The lowest BCUT2D eigenvalue weighted by molar-refractivity contribution is -0.141. The zero-order chi connectivity index (χ0) is 32.5. The van der Waals surface area contributed by atoms with E-state index in [1.54, 1.807) is 12.1 Å². The van der Waals surface area contributed by atoms with Crippen molar-refractivity contribution in [3.05, 3.63) is 41.0 Å². The van der Waals surface area contributed by atoms with Gasteiger partial charge in [0.25, 0.3) is 0 Å². The van der Waals surface area contributed by atoms with E-state index >= 15 is 0 Å². The molecule has 4 atom stereocenters. The molecular formula is C35H49N3O8. The number of hydrogen-bond donors (Lipinski definition) is 4. The lowest BCUT2D eigenvalue weighted by atomic mass is 9.65. The topological polar surface area (TPSA) is 151 Å². The molecule has 1 aliphatic carbocycles. The average Bonchev–Trinajstić information content (AvgIpc) is 3.68. The molecule has 11 nitrogen and oxygen atoms in total. The van der Waals surface area contributed by atoms with Crippen LogP contribution in [0.5, 0.6) is 28.7 Å². The molecule has 1 saturated heterocycles. The molecular weight excluding hydrogens is 590 g/mol. The van der Waals surface area contributed by atoms with E-state index in [0.717, 1.165) is 62.0 Å². The van der Waals surface area contributed by atoms with Crippen LogP contribution >= 0.6 is 0 Å². The Morgan fingerprint density at radius 3 is 2.13 bits per heavy atom. The first kappa shape index (κ1) is 33.7. The Bertz CT molecular complexity index is 1330. The fourth-order valence-corrected chi connectivity index (χ4v) is 7.03. The third-order valence-electron chi connectivity index (χ3n) is 9.43. The van der Waals surface area contributed by atoms with Crippen molar-refractivity contribution in [2.24, 2.45) is 17.6 Å². The molecule has 0 aromatic heterocycles. The number of hydrogen-bond acceptors (Lipinski definition) is 10. The molecule has 46 heavy (non-hydrogen) atoms. The Balaban J connectivity index is 1.23. The maximum Gasteiger partial charge on any atom is 0.310 e. The van der Waals surface area contributed by atoms with E-state index in [9.17, 15) is 14.7 Å². The highest BCUT2D eigenvalue weighted by Crippen LogP contribution is 2.55. The summed E-state index contributed by atoms with van der Waals surface area (Å²) >= 11 is 0. The SMILES string of the molecule is COc1cc(C2c3cc4c(cc3[C@@H](NC(=O)CCCCCCCCCCNCCCN)[C@H]3COC(=O)C23)OCO4)cc(OC)c1O. The van der Waals surface area contributed by atoms with E-state index in [2.05, 4.69) is 10.6 Å². The van der Waals surface area contributed by atoms with Crippen molar-refractivity contribution in [1.29, 1.82) is 0 Å². The number of carbonyl (C=O) groups excluding carboxylic acids is 2.